The van der Waals surface area contributed by atoms with Crippen LogP contribution in [0.15, 0.2) is 24.3 Å². The average molecular weight is 247 g/mol. The second-order valence-corrected chi connectivity index (χ2v) is 4.89. The molecule has 2 amide bonds. The molecular formula is C14H21N3O. The summed E-state index contributed by atoms with van der Waals surface area (Å²) in [4.78, 5) is 13.9. The first-order chi connectivity index (χ1) is 8.66. The van der Waals surface area contributed by atoms with Crippen molar-refractivity contribution in [1.82, 2.24) is 10.2 Å². The van der Waals surface area contributed by atoms with Crippen LogP contribution < -0.4 is 10.6 Å². The van der Waals surface area contributed by atoms with Crippen LogP contribution in [0.5, 0.6) is 0 Å². The molecule has 0 radical (unpaired) electrons. The van der Waals surface area contributed by atoms with Crippen molar-refractivity contribution in [2.75, 3.05) is 25.5 Å². The van der Waals surface area contributed by atoms with Gasteiger partial charge >= 0.3 is 6.03 Å². The second kappa shape index (κ2) is 5.87. The first-order valence-electron chi connectivity index (χ1n) is 6.48. The molecule has 0 spiro atoms. The molecule has 1 aromatic carbocycles. The summed E-state index contributed by atoms with van der Waals surface area (Å²) in [5, 5.41) is 6.25. The lowest BCUT2D eigenvalue weighted by Crippen LogP contribution is -2.45. The first kappa shape index (κ1) is 12.9. The highest BCUT2D eigenvalue weighted by molar-refractivity contribution is 5.89. The molecule has 0 atom stereocenters. The van der Waals surface area contributed by atoms with Gasteiger partial charge in [-0.15, -0.1) is 0 Å². The maximum absolute atomic E-state index is 12.1. The second-order valence-electron chi connectivity index (χ2n) is 4.89. The number of carbonyl (C=O) groups excluding carboxylic acids is 1. The zero-order chi connectivity index (χ0) is 13.0. The van der Waals surface area contributed by atoms with Gasteiger partial charge in [-0.1, -0.05) is 12.1 Å². The number of hydrogen-bond acceptors (Lipinski definition) is 2. The quantitative estimate of drug-likeness (QED) is 0.841. The maximum atomic E-state index is 12.1. The van der Waals surface area contributed by atoms with E-state index in [4.69, 9.17) is 0 Å². The smallest absolute Gasteiger partial charge is 0.321 e. The van der Waals surface area contributed by atoms with E-state index in [1.807, 2.05) is 43.1 Å². The van der Waals surface area contributed by atoms with Crippen LogP contribution in [0.3, 0.4) is 0 Å². The highest BCUT2D eigenvalue weighted by Gasteiger charge is 2.21. The predicted molar refractivity (Wildman–Crippen MR) is 73.9 cm³/mol. The molecule has 1 heterocycles. The fourth-order valence-electron chi connectivity index (χ4n) is 2.29. The Balaban J connectivity index is 1.94. The molecule has 4 nitrogen and oxygen atoms in total. The zero-order valence-corrected chi connectivity index (χ0v) is 11.1. The number of hydrogen-bond donors (Lipinski definition) is 2. The number of benzene rings is 1. The molecule has 0 aliphatic carbocycles. The van der Waals surface area contributed by atoms with Crippen molar-refractivity contribution in [3.05, 3.63) is 29.8 Å². The summed E-state index contributed by atoms with van der Waals surface area (Å²) >= 11 is 0. The molecule has 1 fully saturated rings. The van der Waals surface area contributed by atoms with Gasteiger partial charge in [-0.3, -0.25) is 0 Å². The lowest BCUT2D eigenvalue weighted by atomic mass is 10.1. The molecule has 1 aliphatic heterocycles. The van der Waals surface area contributed by atoms with E-state index < -0.39 is 0 Å². The maximum Gasteiger partial charge on any atom is 0.321 e. The van der Waals surface area contributed by atoms with Gasteiger partial charge in [-0.2, -0.15) is 0 Å². The molecular weight excluding hydrogens is 226 g/mol. The molecule has 4 heteroatoms. The summed E-state index contributed by atoms with van der Waals surface area (Å²) in [5.41, 5.74) is 2.01. The number of rotatable bonds is 2. The Morgan fingerprint density at radius 1 is 1.39 bits per heavy atom. The Morgan fingerprint density at radius 3 is 2.78 bits per heavy atom. The van der Waals surface area contributed by atoms with Crippen LogP contribution >= 0.6 is 0 Å². The van der Waals surface area contributed by atoms with Crippen molar-refractivity contribution in [3.8, 4) is 0 Å². The van der Waals surface area contributed by atoms with Gasteiger partial charge < -0.3 is 15.5 Å². The lowest BCUT2D eigenvalue weighted by molar-refractivity contribution is 0.189. The first-order valence-corrected chi connectivity index (χ1v) is 6.48. The van der Waals surface area contributed by atoms with Crippen molar-refractivity contribution < 1.29 is 4.79 Å². The minimum atomic E-state index is -0.0208. The molecule has 1 aromatic rings. The molecule has 2 rings (SSSR count). The monoisotopic (exact) mass is 247 g/mol. The molecule has 0 aromatic heterocycles. The van der Waals surface area contributed by atoms with Gasteiger partial charge in [0.05, 0.1) is 0 Å². The number of urea groups is 1. The van der Waals surface area contributed by atoms with Crippen LogP contribution in [-0.2, 0) is 0 Å². The molecule has 0 saturated carbocycles. The van der Waals surface area contributed by atoms with Crippen molar-refractivity contribution in [2.45, 2.75) is 25.8 Å². The number of nitrogens with zero attached hydrogens (tertiary/aromatic N) is 1. The van der Waals surface area contributed by atoms with Crippen LogP contribution in [0.2, 0.25) is 0 Å². The van der Waals surface area contributed by atoms with Crippen LogP contribution in [0.25, 0.3) is 0 Å². The fourth-order valence-corrected chi connectivity index (χ4v) is 2.29. The Bertz CT molecular complexity index is 413. The van der Waals surface area contributed by atoms with Gasteiger partial charge in [0, 0.05) is 18.8 Å². The number of amides is 2. The third-order valence-corrected chi connectivity index (χ3v) is 3.45. The predicted octanol–water partition coefficient (Wildman–Crippen LogP) is 2.21. The Labute approximate surface area is 108 Å². The van der Waals surface area contributed by atoms with Crippen molar-refractivity contribution in [2.24, 2.45) is 0 Å². The van der Waals surface area contributed by atoms with Gasteiger partial charge in [0.25, 0.3) is 0 Å². The summed E-state index contributed by atoms with van der Waals surface area (Å²) in [6.45, 7) is 4.01. The van der Waals surface area contributed by atoms with Crippen molar-refractivity contribution in [3.63, 3.8) is 0 Å². The number of anilines is 1. The number of aryl methyl sites for hydroxylation is 1. The molecule has 98 valence electrons. The van der Waals surface area contributed by atoms with Crippen LogP contribution in [0.1, 0.15) is 18.4 Å². The summed E-state index contributed by atoms with van der Waals surface area (Å²) in [7, 11) is 1.88. The van der Waals surface area contributed by atoms with Crippen LogP contribution in [0, 0.1) is 6.92 Å². The molecule has 0 bridgehead atoms. The van der Waals surface area contributed by atoms with E-state index in [9.17, 15) is 4.79 Å². The summed E-state index contributed by atoms with van der Waals surface area (Å²) in [6.07, 6.45) is 2.05. The van der Waals surface area contributed by atoms with E-state index in [-0.39, 0.29) is 6.03 Å². The van der Waals surface area contributed by atoms with Gasteiger partial charge in [-0.05, 0) is 50.6 Å². The van der Waals surface area contributed by atoms with E-state index in [0.717, 1.165) is 37.2 Å². The number of carbonyl (C=O) groups is 1. The standard InChI is InChI=1S/C14H21N3O/c1-11-4-3-5-12(10-11)16-14(18)17(2)13-6-8-15-9-7-13/h3-5,10,13,15H,6-9H2,1-2H3,(H,16,18). The highest BCUT2D eigenvalue weighted by Crippen LogP contribution is 2.14. The lowest BCUT2D eigenvalue weighted by Gasteiger charge is -2.31. The molecule has 0 unspecified atom stereocenters. The van der Waals surface area contributed by atoms with Gasteiger partial charge in [0.15, 0.2) is 0 Å². The molecule has 1 aliphatic rings. The van der Waals surface area contributed by atoms with Crippen molar-refractivity contribution >= 4 is 11.7 Å². The van der Waals surface area contributed by atoms with Gasteiger partial charge in [0.2, 0.25) is 0 Å². The molecule has 18 heavy (non-hydrogen) atoms. The van der Waals surface area contributed by atoms with E-state index in [1.54, 1.807) is 0 Å². The van der Waals surface area contributed by atoms with Crippen molar-refractivity contribution in [1.29, 1.82) is 0 Å². The summed E-state index contributed by atoms with van der Waals surface area (Å²) in [6, 6.07) is 8.19. The number of piperidine rings is 1. The van der Waals surface area contributed by atoms with Gasteiger partial charge in [-0.25, -0.2) is 4.79 Å². The third-order valence-electron chi connectivity index (χ3n) is 3.45. The van der Waals surface area contributed by atoms with E-state index in [2.05, 4.69) is 10.6 Å². The normalized spacial score (nSPS) is 16.3. The molecule has 2 N–H and O–H groups in total. The largest absolute Gasteiger partial charge is 0.325 e. The Hall–Kier alpha value is -1.55. The average Bonchev–Trinajstić information content (AvgIpc) is 2.39. The van der Waals surface area contributed by atoms with Crippen LogP contribution in [0.4, 0.5) is 10.5 Å². The highest BCUT2D eigenvalue weighted by atomic mass is 16.2. The Kier molecular flexibility index (Phi) is 4.20. The topological polar surface area (TPSA) is 44.4 Å². The third kappa shape index (κ3) is 3.23. The Morgan fingerprint density at radius 2 is 2.11 bits per heavy atom. The fraction of sp³-hybridized carbons (Fsp3) is 0.500. The summed E-state index contributed by atoms with van der Waals surface area (Å²) < 4.78 is 0. The molecule has 1 saturated heterocycles. The number of nitrogens with one attached hydrogen (secondary N) is 2. The summed E-state index contributed by atoms with van der Waals surface area (Å²) in [5.74, 6) is 0. The van der Waals surface area contributed by atoms with E-state index in [0.29, 0.717) is 6.04 Å². The minimum absolute atomic E-state index is 0.0208. The van der Waals surface area contributed by atoms with E-state index in [1.165, 1.54) is 0 Å². The SMILES string of the molecule is Cc1cccc(NC(=O)N(C)C2CCNCC2)c1. The zero-order valence-electron chi connectivity index (χ0n) is 11.1. The van der Waals surface area contributed by atoms with E-state index >= 15 is 0 Å². The van der Waals surface area contributed by atoms with Crippen LogP contribution in [-0.4, -0.2) is 37.1 Å². The van der Waals surface area contributed by atoms with Gasteiger partial charge in [0.1, 0.15) is 0 Å². The minimum Gasteiger partial charge on any atom is -0.325 e.